The van der Waals surface area contributed by atoms with E-state index in [-0.39, 0.29) is 5.91 Å². The lowest BCUT2D eigenvalue weighted by Crippen LogP contribution is -2.33. The summed E-state index contributed by atoms with van der Waals surface area (Å²) < 4.78 is 6.25. The Morgan fingerprint density at radius 3 is 2.46 bits per heavy atom. The number of halogens is 2. The van der Waals surface area contributed by atoms with Gasteiger partial charge in [0.1, 0.15) is 5.75 Å². The molecule has 28 heavy (non-hydrogen) atoms. The summed E-state index contributed by atoms with van der Waals surface area (Å²) in [5.41, 5.74) is 1.27. The van der Waals surface area contributed by atoms with Crippen LogP contribution in [0.3, 0.4) is 0 Å². The molecule has 0 radical (unpaired) electrons. The fourth-order valence-electron chi connectivity index (χ4n) is 2.80. The molecule has 0 fully saturated rings. The van der Waals surface area contributed by atoms with E-state index in [0.29, 0.717) is 27.3 Å². The zero-order valence-corrected chi connectivity index (χ0v) is 18.2. The maximum absolute atomic E-state index is 13.3. The third-order valence-electron chi connectivity index (χ3n) is 4.16. The number of fused-ring (bicyclic) bond motifs is 1. The number of hydrogen-bond acceptors (Lipinski definition) is 5. The molecule has 0 spiro atoms. The lowest BCUT2D eigenvalue weighted by molar-refractivity contribution is 0.0986. The van der Waals surface area contributed by atoms with Crippen LogP contribution in [-0.2, 0) is 0 Å². The van der Waals surface area contributed by atoms with E-state index in [2.05, 4.69) is 9.88 Å². The van der Waals surface area contributed by atoms with Crippen molar-refractivity contribution in [3.05, 3.63) is 52.0 Å². The zero-order chi connectivity index (χ0) is 20.3. The second-order valence-corrected chi connectivity index (χ2v) is 8.48. The highest BCUT2D eigenvalue weighted by Gasteiger charge is 2.22. The predicted octanol–water partition coefficient (Wildman–Crippen LogP) is 5.21. The zero-order valence-electron chi connectivity index (χ0n) is 15.9. The van der Waals surface area contributed by atoms with Crippen LogP contribution in [-0.4, -0.2) is 50.1 Å². The van der Waals surface area contributed by atoms with Gasteiger partial charge in [-0.1, -0.05) is 34.5 Å². The largest absolute Gasteiger partial charge is 0.497 e. The fraction of sp³-hybridized carbons (Fsp3) is 0.300. The molecule has 0 aliphatic carbocycles. The molecule has 0 saturated heterocycles. The SMILES string of the molecule is COc1ccc2nc(N(CCCN(C)C)C(=O)c3cc(Cl)cc(Cl)c3)sc2c1. The smallest absolute Gasteiger partial charge is 0.260 e. The molecule has 3 aromatic rings. The third kappa shape index (κ3) is 4.94. The molecule has 0 saturated carbocycles. The van der Waals surface area contributed by atoms with Crippen molar-refractivity contribution in [3.8, 4) is 5.75 Å². The number of methoxy groups -OCH3 is 1. The minimum absolute atomic E-state index is 0.172. The highest BCUT2D eigenvalue weighted by atomic mass is 35.5. The first kappa shape index (κ1) is 20.9. The molecule has 0 aliphatic heterocycles. The molecule has 5 nitrogen and oxygen atoms in total. The summed E-state index contributed by atoms with van der Waals surface area (Å²) in [6.45, 7) is 1.40. The first-order chi connectivity index (χ1) is 13.4. The van der Waals surface area contributed by atoms with Gasteiger partial charge in [0.25, 0.3) is 5.91 Å². The Morgan fingerprint density at radius 1 is 1.11 bits per heavy atom. The first-order valence-corrected chi connectivity index (χ1v) is 10.3. The lowest BCUT2D eigenvalue weighted by Gasteiger charge is -2.21. The second kappa shape index (κ2) is 9.09. The van der Waals surface area contributed by atoms with Gasteiger partial charge in [0.2, 0.25) is 0 Å². The molecule has 1 heterocycles. The summed E-state index contributed by atoms with van der Waals surface area (Å²) in [4.78, 5) is 21.7. The molecule has 0 aliphatic rings. The van der Waals surface area contributed by atoms with E-state index >= 15 is 0 Å². The van der Waals surface area contributed by atoms with Crippen molar-refractivity contribution in [2.45, 2.75) is 6.42 Å². The van der Waals surface area contributed by atoms with Gasteiger partial charge in [0, 0.05) is 22.2 Å². The number of benzene rings is 2. The van der Waals surface area contributed by atoms with Crippen LogP contribution in [0.1, 0.15) is 16.8 Å². The molecular weight excluding hydrogens is 417 g/mol. The van der Waals surface area contributed by atoms with Gasteiger partial charge >= 0.3 is 0 Å². The van der Waals surface area contributed by atoms with Crippen molar-refractivity contribution < 1.29 is 9.53 Å². The second-order valence-electron chi connectivity index (χ2n) is 6.60. The monoisotopic (exact) mass is 437 g/mol. The number of aromatic nitrogens is 1. The number of amides is 1. The Morgan fingerprint density at radius 2 is 1.82 bits per heavy atom. The van der Waals surface area contributed by atoms with E-state index in [1.807, 2.05) is 32.3 Å². The van der Waals surface area contributed by atoms with Crippen molar-refractivity contribution in [3.63, 3.8) is 0 Å². The Balaban J connectivity index is 1.97. The van der Waals surface area contributed by atoms with Crippen molar-refractivity contribution in [2.75, 3.05) is 39.2 Å². The minimum atomic E-state index is -0.172. The quantitative estimate of drug-likeness (QED) is 0.508. The molecule has 0 bridgehead atoms. The Kier molecular flexibility index (Phi) is 6.78. The van der Waals surface area contributed by atoms with Gasteiger partial charge in [0.15, 0.2) is 5.13 Å². The number of anilines is 1. The number of carbonyl (C=O) groups is 1. The molecule has 0 unspecified atom stereocenters. The molecule has 0 atom stereocenters. The Bertz CT molecular complexity index is 970. The van der Waals surface area contributed by atoms with Crippen LogP contribution < -0.4 is 9.64 Å². The summed E-state index contributed by atoms with van der Waals surface area (Å²) in [7, 11) is 5.64. The summed E-state index contributed by atoms with van der Waals surface area (Å²) in [6.07, 6.45) is 0.812. The van der Waals surface area contributed by atoms with E-state index in [1.54, 1.807) is 30.2 Å². The number of thiazole rings is 1. The van der Waals surface area contributed by atoms with Crippen LogP contribution in [0.25, 0.3) is 10.2 Å². The maximum atomic E-state index is 13.3. The Hall–Kier alpha value is -1.86. The number of rotatable bonds is 7. The average Bonchev–Trinajstić information content (AvgIpc) is 3.06. The van der Waals surface area contributed by atoms with E-state index in [1.165, 1.54) is 11.3 Å². The summed E-state index contributed by atoms with van der Waals surface area (Å²) in [6, 6.07) is 10.6. The van der Waals surface area contributed by atoms with Gasteiger partial charge < -0.3 is 9.64 Å². The highest BCUT2D eigenvalue weighted by molar-refractivity contribution is 7.22. The molecule has 3 rings (SSSR count). The first-order valence-electron chi connectivity index (χ1n) is 8.74. The number of carbonyl (C=O) groups excluding carboxylic acids is 1. The normalized spacial score (nSPS) is 11.2. The number of nitrogens with zero attached hydrogens (tertiary/aromatic N) is 3. The van der Waals surface area contributed by atoms with Crippen molar-refractivity contribution in [1.82, 2.24) is 9.88 Å². The number of hydrogen-bond donors (Lipinski definition) is 0. The van der Waals surface area contributed by atoms with E-state index in [9.17, 15) is 4.79 Å². The molecule has 0 N–H and O–H groups in total. The summed E-state index contributed by atoms with van der Waals surface area (Å²) in [5.74, 6) is 0.587. The molecule has 8 heteroatoms. The fourth-order valence-corrected chi connectivity index (χ4v) is 4.34. The van der Waals surface area contributed by atoms with Crippen molar-refractivity contribution >= 4 is 55.8 Å². The summed E-state index contributed by atoms with van der Waals surface area (Å²) >= 11 is 13.7. The third-order valence-corrected chi connectivity index (χ3v) is 5.63. The van der Waals surface area contributed by atoms with E-state index in [0.717, 1.165) is 28.9 Å². The van der Waals surface area contributed by atoms with Crippen molar-refractivity contribution in [1.29, 1.82) is 0 Å². The van der Waals surface area contributed by atoms with Crippen LogP contribution in [0.4, 0.5) is 5.13 Å². The van der Waals surface area contributed by atoms with Crippen LogP contribution in [0.5, 0.6) is 5.75 Å². The topological polar surface area (TPSA) is 45.7 Å². The highest BCUT2D eigenvalue weighted by Crippen LogP contribution is 2.32. The Labute approximate surface area is 178 Å². The van der Waals surface area contributed by atoms with Crippen LogP contribution in [0, 0.1) is 0 Å². The lowest BCUT2D eigenvalue weighted by atomic mass is 10.2. The molecule has 2 aromatic carbocycles. The van der Waals surface area contributed by atoms with Gasteiger partial charge in [-0.25, -0.2) is 4.98 Å². The predicted molar refractivity (Wildman–Crippen MR) is 117 cm³/mol. The molecule has 1 amide bonds. The van der Waals surface area contributed by atoms with Gasteiger partial charge in [0.05, 0.1) is 17.3 Å². The van der Waals surface area contributed by atoms with Gasteiger partial charge in [-0.15, -0.1) is 0 Å². The van der Waals surface area contributed by atoms with Crippen LogP contribution in [0.15, 0.2) is 36.4 Å². The minimum Gasteiger partial charge on any atom is -0.497 e. The van der Waals surface area contributed by atoms with Crippen LogP contribution in [0.2, 0.25) is 10.0 Å². The van der Waals surface area contributed by atoms with Gasteiger partial charge in [-0.3, -0.25) is 9.69 Å². The molecule has 148 valence electrons. The average molecular weight is 438 g/mol. The standard InChI is InChI=1S/C20H21Cl2N3O2S/c1-24(2)7-4-8-25(19(26)13-9-14(21)11-15(22)10-13)20-23-17-6-5-16(27-3)12-18(17)28-20/h5-6,9-12H,4,7-8H2,1-3H3. The van der Waals surface area contributed by atoms with Crippen LogP contribution >= 0.6 is 34.5 Å². The maximum Gasteiger partial charge on any atom is 0.260 e. The number of ether oxygens (including phenoxy) is 1. The van der Waals surface area contributed by atoms with Gasteiger partial charge in [-0.2, -0.15) is 0 Å². The van der Waals surface area contributed by atoms with E-state index in [4.69, 9.17) is 27.9 Å². The van der Waals surface area contributed by atoms with Crippen molar-refractivity contribution in [2.24, 2.45) is 0 Å². The summed E-state index contributed by atoms with van der Waals surface area (Å²) in [5, 5.41) is 1.50. The van der Waals surface area contributed by atoms with E-state index < -0.39 is 0 Å². The molecular formula is C20H21Cl2N3O2S. The van der Waals surface area contributed by atoms with Gasteiger partial charge in [-0.05, 0) is 63.5 Å². The molecule has 1 aromatic heterocycles.